The molecule has 0 saturated carbocycles. The number of ether oxygens (including phenoxy) is 2. The maximum absolute atomic E-state index is 5.26. The summed E-state index contributed by atoms with van der Waals surface area (Å²) >= 11 is 2.39. The Morgan fingerprint density at radius 3 is 1.70 bits per heavy atom. The summed E-state index contributed by atoms with van der Waals surface area (Å²) in [5.74, 6) is 1.73. The van der Waals surface area contributed by atoms with Gasteiger partial charge in [-0.25, -0.2) is 0 Å². The van der Waals surface area contributed by atoms with Crippen molar-refractivity contribution in [2.24, 2.45) is 0 Å². The summed E-state index contributed by atoms with van der Waals surface area (Å²) < 4.78 is 11.7. The van der Waals surface area contributed by atoms with Crippen LogP contribution < -0.4 is 9.47 Å². The third-order valence-electron chi connectivity index (χ3n) is 3.79. The molecule has 0 radical (unpaired) electrons. The standard InChI is InChI=1S/C20H17IO2/c1-22-16-10-6-14(7-11-16)18-4-3-5-19(21)20(18)15-8-12-17(23-2)13-9-15/h3-13H,1-2H3. The predicted molar refractivity (Wildman–Crippen MR) is 103 cm³/mol. The summed E-state index contributed by atoms with van der Waals surface area (Å²) in [6.07, 6.45) is 0. The smallest absolute Gasteiger partial charge is 0.118 e. The van der Waals surface area contributed by atoms with E-state index in [0.717, 1.165) is 11.5 Å². The van der Waals surface area contributed by atoms with E-state index < -0.39 is 0 Å². The molecule has 0 spiro atoms. The van der Waals surface area contributed by atoms with Gasteiger partial charge in [-0.15, -0.1) is 0 Å². The zero-order valence-corrected chi connectivity index (χ0v) is 15.2. The summed E-state index contributed by atoms with van der Waals surface area (Å²) in [6.45, 7) is 0. The van der Waals surface area contributed by atoms with Crippen LogP contribution in [0.4, 0.5) is 0 Å². The van der Waals surface area contributed by atoms with Gasteiger partial charge in [-0.05, 0) is 69.6 Å². The Bertz CT molecular complexity index is 793. The molecule has 0 atom stereocenters. The Kier molecular flexibility index (Phi) is 4.86. The molecule has 0 aromatic heterocycles. The third-order valence-corrected chi connectivity index (χ3v) is 4.69. The van der Waals surface area contributed by atoms with Gasteiger partial charge in [0.2, 0.25) is 0 Å². The molecule has 3 heteroatoms. The topological polar surface area (TPSA) is 18.5 Å². The van der Waals surface area contributed by atoms with E-state index in [0.29, 0.717) is 0 Å². The second-order valence-corrected chi connectivity index (χ2v) is 6.28. The van der Waals surface area contributed by atoms with E-state index >= 15 is 0 Å². The monoisotopic (exact) mass is 416 g/mol. The molecular formula is C20H17IO2. The van der Waals surface area contributed by atoms with Crippen LogP contribution in [0.25, 0.3) is 22.3 Å². The van der Waals surface area contributed by atoms with Gasteiger partial charge in [-0.2, -0.15) is 0 Å². The number of hydrogen-bond donors (Lipinski definition) is 0. The number of benzene rings is 3. The first-order valence-electron chi connectivity index (χ1n) is 7.30. The Morgan fingerprint density at radius 1 is 0.652 bits per heavy atom. The van der Waals surface area contributed by atoms with Crippen molar-refractivity contribution in [3.05, 3.63) is 70.3 Å². The summed E-state index contributed by atoms with van der Waals surface area (Å²) in [6, 6.07) is 22.7. The first kappa shape index (κ1) is 15.9. The van der Waals surface area contributed by atoms with Crippen molar-refractivity contribution in [2.45, 2.75) is 0 Å². The highest BCUT2D eigenvalue weighted by atomic mass is 127. The van der Waals surface area contributed by atoms with Crippen molar-refractivity contribution in [3.8, 4) is 33.8 Å². The highest BCUT2D eigenvalue weighted by Gasteiger charge is 2.11. The molecule has 0 aliphatic carbocycles. The Hall–Kier alpha value is -2.01. The Balaban J connectivity index is 2.11. The molecule has 2 nitrogen and oxygen atoms in total. The molecule has 3 rings (SSSR count). The van der Waals surface area contributed by atoms with Crippen LogP contribution in [0, 0.1) is 3.57 Å². The van der Waals surface area contributed by atoms with Crippen LogP contribution in [-0.2, 0) is 0 Å². The Morgan fingerprint density at radius 2 is 1.17 bits per heavy atom. The van der Waals surface area contributed by atoms with Crippen molar-refractivity contribution in [1.82, 2.24) is 0 Å². The molecule has 0 unspecified atom stereocenters. The van der Waals surface area contributed by atoms with E-state index in [2.05, 4.69) is 65.1 Å². The van der Waals surface area contributed by atoms with E-state index in [4.69, 9.17) is 9.47 Å². The SMILES string of the molecule is COc1ccc(-c2cccc(I)c2-c2ccc(OC)cc2)cc1. The van der Waals surface area contributed by atoms with E-state index in [1.54, 1.807) is 14.2 Å². The van der Waals surface area contributed by atoms with Crippen LogP contribution >= 0.6 is 22.6 Å². The maximum Gasteiger partial charge on any atom is 0.118 e. The van der Waals surface area contributed by atoms with Crippen molar-refractivity contribution in [3.63, 3.8) is 0 Å². The molecule has 0 heterocycles. The van der Waals surface area contributed by atoms with Crippen molar-refractivity contribution in [1.29, 1.82) is 0 Å². The fourth-order valence-corrected chi connectivity index (χ4v) is 3.40. The van der Waals surface area contributed by atoms with Gasteiger partial charge in [-0.3, -0.25) is 0 Å². The first-order valence-corrected chi connectivity index (χ1v) is 8.38. The first-order chi connectivity index (χ1) is 11.2. The molecule has 3 aromatic rings. The molecule has 0 bridgehead atoms. The number of rotatable bonds is 4. The minimum Gasteiger partial charge on any atom is -0.497 e. The maximum atomic E-state index is 5.26. The lowest BCUT2D eigenvalue weighted by Crippen LogP contribution is -1.90. The van der Waals surface area contributed by atoms with Crippen LogP contribution in [-0.4, -0.2) is 14.2 Å². The lowest BCUT2D eigenvalue weighted by Gasteiger charge is -2.13. The average Bonchev–Trinajstić information content (AvgIpc) is 2.62. The second-order valence-electron chi connectivity index (χ2n) is 5.12. The number of halogens is 1. The minimum absolute atomic E-state index is 0.866. The lowest BCUT2D eigenvalue weighted by molar-refractivity contribution is 0.414. The molecule has 0 aliphatic heterocycles. The second kappa shape index (κ2) is 7.04. The molecule has 0 amide bonds. The molecule has 3 aromatic carbocycles. The van der Waals surface area contributed by atoms with Crippen LogP contribution in [0.15, 0.2) is 66.7 Å². The molecule has 116 valence electrons. The summed E-state index contributed by atoms with van der Waals surface area (Å²) in [4.78, 5) is 0. The van der Waals surface area contributed by atoms with Gasteiger partial charge in [-0.1, -0.05) is 36.4 Å². The molecule has 23 heavy (non-hydrogen) atoms. The van der Waals surface area contributed by atoms with Gasteiger partial charge in [0.1, 0.15) is 11.5 Å². The van der Waals surface area contributed by atoms with Crippen LogP contribution in [0.1, 0.15) is 0 Å². The van der Waals surface area contributed by atoms with E-state index in [9.17, 15) is 0 Å². The van der Waals surface area contributed by atoms with E-state index in [1.165, 1.54) is 25.8 Å². The van der Waals surface area contributed by atoms with Crippen LogP contribution in [0.3, 0.4) is 0 Å². The minimum atomic E-state index is 0.866. The van der Waals surface area contributed by atoms with Crippen molar-refractivity contribution < 1.29 is 9.47 Å². The third kappa shape index (κ3) is 3.34. The fraction of sp³-hybridized carbons (Fsp3) is 0.100. The molecule has 0 fully saturated rings. The van der Waals surface area contributed by atoms with Gasteiger partial charge >= 0.3 is 0 Å². The molecule has 0 aliphatic rings. The summed E-state index contributed by atoms with van der Waals surface area (Å²) in [5, 5.41) is 0. The largest absolute Gasteiger partial charge is 0.497 e. The fourth-order valence-electron chi connectivity index (χ4n) is 2.59. The van der Waals surface area contributed by atoms with E-state index in [-0.39, 0.29) is 0 Å². The van der Waals surface area contributed by atoms with Crippen molar-refractivity contribution >= 4 is 22.6 Å². The highest BCUT2D eigenvalue weighted by Crippen LogP contribution is 2.36. The predicted octanol–water partition coefficient (Wildman–Crippen LogP) is 5.64. The number of methoxy groups -OCH3 is 2. The van der Waals surface area contributed by atoms with Crippen molar-refractivity contribution in [2.75, 3.05) is 14.2 Å². The highest BCUT2D eigenvalue weighted by molar-refractivity contribution is 14.1. The summed E-state index contributed by atoms with van der Waals surface area (Å²) in [7, 11) is 3.37. The quantitative estimate of drug-likeness (QED) is 0.513. The molecule has 0 saturated heterocycles. The average molecular weight is 416 g/mol. The molecular weight excluding hydrogens is 399 g/mol. The van der Waals surface area contributed by atoms with Gasteiger partial charge in [0, 0.05) is 9.13 Å². The zero-order valence-electron chi connectivity index (χ0n) is 13.0. The van der Waals surface area contributed by atoms with Gasteiger partial charge in [0.25, 0.3) is 0 Å². The molecule has 0 N–H and O–H groups in total. The van der Waals surface area contributed by atoms with Crippen LogP contribution in [0.5, 0.6) is 11.5 Å². The van der Waals surface area contributed by atoms with Crippen LogP contribution in [0.2, 0.25) is 0 Å². The zero-order chi connectivity index (χ0) is 16.2. The Labute approximate surface area is 150 Å². The normalized spacial score (nSPS) is 10.4. The van der Waals surface area contributed by atoms with E-state index in [1.807, 2.05) is 24.3 Å². The van der Waals surface area contributed by atoms with Gasteiger partial charge in [0.15, 0.2) is 0 Å². The van der Waals surface area contributed by atoms with Gasteiger partial charge in [0.05, 0.1) is 14.2 Å². The number of hydrogen-bond acceptors (Lipinski definition) is 2. The van der Waals surface area contributed by atoms with Gasteiger partial charge < -0.3 is 9.47 Å². The summed E-state index contributed by atoms with van der Waals surface area (Å²) in [5.41, 5.74) is 4.81. The lowest BCUT2D eigenvalue weighted by atomic mass is 9.94.